The van der Waals surface area contributed by atoms with Gasteiger partial charge in [-0.3, -0.25) is 14.5 Å². The number of nitrogens with two attached hydrogens (primary N) is 1. The van der Waals surface area contributed by atoms with E-state index < -0.39 is 0 Å². The van der Waals surface area contributed by atoms with Crippen molar-refractivity contribution in [3.63, 3.8) is 0 Å². The predicted octanol–water partition coefficient (Wildman–Crippen LogP) is 1.67. The van der Waals surface area contributed by atoms with Gasteiger partial charge in [-0.1, -0.05) is 36.8 Å². The molecule has 2 aliphatic rings. The Morgan fingerprint density at radius 2 is 1.71 bits per heavy atom. The van der Waals surface area contributed by atoms with Crippen LogP contribution in [0.4, 0.5) is 0 Å². The van der Waals surface area contributed by atoms with Crippen molar-refractivity contribution in [3.05, 3.63) is 35.9 Å². The lowest BCUT2D eigenvalue weighted by molar-refractivity contribution is -0.138. The molecular formula is C20H32Cl2N4O2. The zero-order valence-electron chi connectivity index (χ0n) is 16.2. The topological polar surface area (TPSA) is 78.7 Å². The Balaban J connectivity index is 0.00000196. The van der Waals surface area contributed by atoms with E-state index in [0.717, 1.165) is 37.9 Å². The van der Waals surface area contributed by atoms with Gasteiger partial charge in [-0.15, -0.1) is 24.8 Å². The van der Waals surface area contributed by atoms with Gasteiger partial charge < -0.3 is 16.0 Å². The lowest BCUT2D eigenvalue weighted by Crippen LogP contribution is -2.52. The van der Waals surface area contributed by atoms with E-state index in [1.807, 2.05) is 35.2 Å². The molecule has 3 N–H and O–H groups in total. The molecular weight excluding hydrogens is 399 g/mol. The molecule has 0 aromatic heterocycles. The van der Waals surface area contributed by atoms with Crippen LogP contribution in [0.2, 0.25) is 0 Å². The summed E-state index contributed by atoms with van der Waals surface area (Å²) in [7, 11) is 0. The molecule has 3 rings (SSSR count). The first-order valence-electron chi connectivity index (χ1n) is 9.69. The summed E-state index contributed by atoms with van der Waals surface area (Å²) in [5.41, 5.74) is 6.91. The molecule has 1 saturated carbocycles. The van der Waals surface area contributed by atoms with Gasteiger partial charge in [-0.2, -0.15) is 0 Å². The zero-order chi connectivity index (χ0) is 18.4. The quantitative estimate of drug-likeness (QED) is 0.718. The second-order valence-corrected chi connectivity index (χ2v) is 7.40. The van der Waals surface area contributed by atoms with Crippen LogP contribution in [0.1, 0.15) is 24.8 Å². The Labute approximate surface area is 180 Å². The predicted molar refractivity (Wildman–Crippen MR) is 116 cm³/mol. The molecule has 2 amide bonds. The van der Waals surface area contributed by atoms with Crippen molar-refractivity contribution >= 4 is 36.6 Å². The number of halogens is 2. The maximum absolute atomic E-state index is 12.7. The van der Waals surface area contributed by atoms with Crippen LogP contribution in [0.25, 0.3) is 0 Å². The molecule has 0 radical (unpaired) electrons. The highest BCUT2D eigenvalue weighted by Crippen LogP contribution is 2.32. The summed E-state index contributed by atoms with van der Waals surface area (Å²) < 4.78 is 0. The number of benzene rings is 1. The average Bonchev–Trinajstić information content (AvgIpc) is 3.16. The van der Waals surface area contributed by atoms with Crippen LogP contribution >= 0.6 is 24.8 Å². The highest BCUT2D eigenvalue weighted by atomic mass is 35.5. The first-order valence-corrected chi connectivity index (χ1v) is 9.69. The first kappa shape index (κ1) is 24.7. The molecule has 1 heterocycles. The first-order chi connectivity index (χ1) is 12.7. The Hall–Kier alpha value is -1.34. The smallest absolute Gasteiger partial charge is 0.234 e. The van der Waals surface area contributed by atoms with Crippen molar-refractivity contribution in [3.8, 4) is 0 Å². The minimum atomic E-state index is 0. The molecule has 1 saturated heterocycles. The van der Waals surface area contributed by atoms with Gasteiger partial charge in [0.25, 0.3) is 0 Å². The fourth-order valence-electron chi connectivity index (χ4n) is 4.06. The molecule has 158 valence electrons. The fraction of sp³-hybridized carbons (Fsp3) is 0.600. The second kappa shape index (κ2) is 12.3. The van der Waals surface area contributed by atoms with Crippen LogP contribution in [0.15, 0.2) is 30.3 Å². The normalized spacial score (nSPS) is 22.1. The molecule has 0 bridgehead atoms. The lowest BCUT2D eigenvalue weighted by atomic mass is 9.94. The van der Waals surface area contributed by atoms with E-state index in [4.69, 9.17) is 5.73 Å². The summed E-state index contributed by atoms with van der Waals surface area (Å²) in [6.07, 6.45) is 3.16. The van der Waals surface area contributed by atoms with Gasteiger partial charge in [0, 0.05) is 38.6 Å². The molecule has 1 aliphatic heterocycles. The minimum absolute atomic E-state index is 0. The molecule has 8 heteroatoms. The number of carbonyl (C=O) groups is 2. The number of hydrogen-bond donors (Lipinski definition) is 2. The molecule has 2 fully saturated rings. The van der Waals surface area contributed by atoms with E-state index in [1.165, 1.54) is 0 Å². The number of carbonyl (C=O) groups excluding carboxylic acids is 2. The van der Waals surface area contributed by atoms with Gasteiger partial charge in [0.2, 0.25) is 11.8 Å². The van der Waals surface area contributed by atoms with Gasteiger partial charge >= 0.3 is 0 Å². The van der Waals surface area contributed by atoms with Crippen molar-refractivity contribution in [1.29, 1.82) is 0 Å². The maximum Gasteiger partial charge on any atom is 0.234 e. The van der Waals surface area contributed by atoms with E-state index in [9.17, 15) is 9.59 Å². The highest BCUT2D eigenvalue weighted by molar-refractivity contribution is 5.85. The fourth-order valence-corrected chi connectivity index (χ4v) is 4.06. The van der Waals surface area contributed by atoms with Gasteiger partial charge in [0.15, 0.2) is 0 Å². The Morgan fingerprint density at radius 1 is 1.04 bits per heavy atom. The number of nitrogens with one attached hydrogen (secondary N) is 1. The molecule has 1 aromatic rings. The number of piperazine rings is 1. The third-order valence-electron chi connectivity index (χ3n) is 5.66. The number of rotatable bonds is 6. The van der Waals surface area contributed by atoms with Gasteiger partial charge in [-0.25, -0.2) is 0 Å². The highest BCUT2D eigenvalue weighted by Gasteiger charge is 2.35. The van der Waals surface area contributed by atoms with E-state index in [2.05, 4.69) is 10.2 Å². The monoisotopic (exact) mass is 430 g/mol. The van der Waals surface area contributed by atoms with Gasteiger partial charge in [0.05, 0.1) is 6.54 Å². The number of hydrogen-bond acceptors (Lipinski definition) is 4. The summed E-state index contributed by atoms with van der Waals surface area (Å²) in [6.45, 7) is 4.48. The van der Waals surface area contributed by atoms with E-state index >= 15 is 0 Å². The summed E-state index contributed by atoms with van der Waals surface area (Å²) in [5.74, 6) is 0.767. The molecule has 6 nitrogen and oxygen atoms in total. The summed E-state index contributed by atoms with van der Waals surface area (Å²) in [6, 6.07) is 9.91. The van der Waals surface area contributed by atoms with Crippen LogP contribution in [-0.2, 0) is 16.1 Å². The van der Waals surface area contributed by atoms with E-state index in [0.29, 0.717) is 38.6 Å². The zero-order valence-corrected chi connectivity index (χ0v) is 17.9. The van der Waals surface area contributed by atoms with Crippen molar-refractivity contribution < 1.29 is 9.59 Å². The van der Waals surface area contributed by atoms with Crippen molar-refractivity contribution in [2.45, 2.75) is 25.8 Å². The third kappa shape index (κ3) is 6.62. The maximum atomic E-state index is 12.7. The molecule has 1 aromatic carbocycles. The van der Waals surface area contributed by atoms with Crippen LogP contribution < -0.4 is 11.1 Å². The summed E-state index contributed by atoms with van der Waals surface area (Å²) >= 11 is 0. The Kier molecular flexibility index (Phi) is 10.8. The van der Waals surface area contributed by atoms with Crippen LogP contribution in [-0.4, -0.2) is 60.9 Å². The second-order valence-electron chi connectivity index (χ2n) is 7.40. The number of amides is 2. The molecule has 0 unspecified atom stereocenters. The number of nitrogens with zero attached hydrogens (tertiary/aromatic N) is 2. The van der Waals surface area contributed by atoms with Gasteiger partial charge in [0.1, 0.15) is 0 Å². The molecule has 2 atom stereocenters. The molecule has 0 spiro atoms. The molecule has 28 heavy (non-hydrogen) atoms. The van der Waals surface area contributed by atoms with Crippen LogP contribution in [0, 0.1) is 11.8 Å². The minimum Gasteiger partial charge on any atom is -0.351 e. The van der Waals surface area contributed by atoms with Crippen molar-refractivity contribution in [2.75, 3.05) is 39.3 Å². The Morgan fingerprint density at radius 3 is 2.36 bits per heavy atom. The average molecular weight is 431 g/mol. The van der Waals surface area contributed by atoms with Crippen molar-refractivity contribution in [1.82, 2.24) is 15.1 Å². The standard InChI is InChI=1S/C20H30N4O2.2ClH/c21-13-17-7-4-8-18(17)20(26)24-11-9-23(10-12-24)15-19(25)22-14-16-5-2-1-3-6-16;;/h1-3,5-6,17-18H,4,7-15,21H2,(H,22,25);2*1H/t17-,18-;;/m1../s1. The van der Waals surface area contributed by atoms with Gasteiger partial charge in [-0.05, 0) is 30.9 Å². The van der Waals surface area contributed by atoms with E-state index in [1.54, 1.807) is 0 Å². The van der Waals surface area contributed by atoms with E-state index in [-0.39, 0.29) is 42.5 Å². The van der Waals surface area contributed by atoms with Crippen LogP contribution in [0.5, 0.6) is 0 Å². The SMILES string of the molecule is Cl.Cl.NC[C@H]1CCC[C@H]1C(=O)N1CCN(CC(=O)NCc2ccccc2)CC1. The largest absolute Gasteiger partial charge is 0.351 e. The Bertz CT molecular complexity index is 609. The van der Waals surface area contributed by atoms with Crippen molar-refractivity contribution in [2.24, 2.45) is 17.6 Å². The molecule has 1 aliphatic carbocycles. The van der Waals surface area contributed by atoms with Crippen LogP contribution in [0.3, 0.4) is 0 Å². The lowest BCUT2D eigenvalue weighted by Gasteiger charge is -2.36. The summed E-state index contributed by atoms with van der Waals surface area (Å²) in [5, 5.41) is 2.96. The third-order valence-corrected chi connectivity index (χ3v) is 5.66. The summed E-state index contributed by atoms with van der Waals surface area (Å²) in [4.78, 5) is 29.0.